The van der Waals surface area contributed by atoms with Gasteiger partial charge in [-0.3, -0.25) is 4.79 Å². The highest BCUT2D eigenvalue weighted by atomic mass is 16.5. The van der Waals surface area contributed by atoms with E-state index in [0.717, 1.165) is 31.4 Å². The molecule has 1 atom stereocenters. The Morgan fingerprint density at radius 2 is 2.17 bits per heavy atom. The molecule has 1 fully saturated rings. The van der Waals surface area contributed by atoms with E-state index in [9.17, 15) is 4.79 Å². The van der Waals surface area contributed by atoms with Crippen LogP contribution in [0.15, 0.2) is 30.3 Å². The molecule has 5 nitrogen and oxygen atoms in total. The van der Waals surface area contributed by atoms with Crippen LogP contribution in [-0.2, 0) is 4.79 Å². The number of hydrogen-bond acceptors (Lipinski definition) is 4. The van der Waals surface area contributed by atoms with Crippen molar-refractivity contribution < 1.29 is 14.6 Å². The Morgan fingerprint density at radius 3 is 2.87 bits per heavy atom. The first kappa shape index (κ1) is 17.0. The Balaban J connectivity index is 1.95. The zero-order valence-electron chi connectivity index (χ0n) is 13.1. The van der Waals surface area contributed by atoms with Gasteiger partial charge in [0.1, 0.15) is 11.8 Å². The van der Waals surface area contributed by atoms with Gasteiger partial charge < -0.3 is 14.7 Å². The van der Waals surface area contributed by atoms with Gasteiger partial charge >= 0.3 is 0 Å². The monoisotopic (exact) mass is 314 g/mol. The van der Waals surface area contributed by atoms with Crippen LogP contribution in [0.25, 0.3) is 6.08 Å². The fraction of sp³-hybridized carbons (Fsp3) is 0.444. The van der Waals surface area contributed by atoms with E-state index in [1.807, 2.05) is 23.1 Å². The molecular weight excluding hydrogens is 292 g/mol. The van der Waals surface area contributed by atoms with E-state index < -0.39 is 0 Å². The summed E-state index contributed by atoms with van der Waals surface area (Å²) in [7, 11) is 0. The van der Waals surface area contributed by atoms with E-state index in [0.29, 0.717) is 12.2 Å². The van der Waals surface area contributed by atoms with E-state index >= 15 is 0 Å². The first-order valence-corrected chi connectivity index (χ1v) is 7.94. The summed E-state index contributed by atoms with van der Waals surface area (Å²) in [5.41, 5.74) is 0.901. The summed E-state index contributed by atoms with van der Waals surface area (Å²) in [5.74, 6) is 0.627. The van der Waals surface area contributed by atoms with Crippen LogP contribution in [0.4, 0.5) is 0 Å². The van der Waals surface area contributed by atoms with Gasteiger partial charge in [-0.1, -0.05) is 12.1 Å². The zero-order valence-corrected chi connectivity index (χ0v) is 13.1. The molecule has 1 aliphatic rings. The van der Waals surface area contributed by atoms with Crippen molar-refractivity contribution in [3.8, 4) is 11.8 Å². The normalized spacial score (nSPS) is 17.9. The average molecular weight is 314 g/mol. The average Bonchev–Trinajstić information content (AvgIpc) is 2.59. The molecule has 1 aromatic rings. The first-order valence-electron chi connectivity index (χ1n) is 7.94. The molecule has 0 saturated carbocycles. The summed E-state index contributed by atoms with van der Waals surface area (Å²) >= 11 is 0. The molecule has 1 saturated heterocycles. The first-order chi connectivity index (χ1) is 11.2. The third kappa shape index (κ3) is 5.11. The number of carbonyl (C=O) groups is 1. The highest BCUT2D eigenvalue weighted by Gasteiger charge is 2.24. The fourth-order valence-electron chi connectivity index (χ4n) is 2.79. The number of aliphatic hydroxyl groups excluding tert-OH is 1. The lowest BCUT2D eigenvalue weighted by molar-refractivity contribution is -0.129. The van der Waals surface area contributed by atoms with E-state index in [1.165, 1.54) is 0 Å². The van der Waals surface area contributed by atoms with Crippen molar-refractivity contribution >= 4 is 12.0 Å². The van der Waals surface area contributed by atoms with Gasteiger partial charge in [-0.25, -0.2) is 0 Å². The van der Waals surface area contributed by atoms with Crippen molar-refractivity contribution in [2.45, 2.75) is 31.7 Å². The van der Waals surface area contributed by atoms with Gasteiger partial charge in [0.05, 0.1) is 0 Å². The molecule has 1 N–H and O–H groups in total. The van der Waals surface area contributed by atoms with Gasteiger partial charge in [0.25, 0.3) is 0 Å². The molecule has 0 spiro atoms. The molecule has 5 heteroatoms. The topological polar surface area (TPSA) is 73.6 Å². The van der Waals surface area contributed by atoms with Crippen LogP contribution in [0.3, 0.4) is 0 Å². The summed E-state index contributed by atoms with van der Waals surface area (Å²) in [6.45, 7) is 0.895. The number of amides is 1. The molecule has 1 unspecified atom stereocenters. The minimum absolute atomic E-state index is 0.00652. The van der Waals surface area contributed by atoms with Crippen LogP contribution in [0.5, 0.6) is 5.75 Å². The van der Waals surface area contributed by atoms with Crippen LogP contribution in [-0.4, -0.2) is 41.7 Å². The van der Waals surface area contributed by atoms with Crippen LogP contribution in [0, 0.1) is 11.3 Å². The number of ether oxygens (including phenoxy) is 1. The maximum absolute atomic E-state index is 12.4. The number of benzene rings is 1. The van der Waals surface area contributed by atoms with Gasteiger partial charge in [-0.05, 0) is 49.5 Å². The van der Waals surface area contributed by atoms with Crippen molar-refractivity contribution in [2.75, 3.05) is 19.8 Å². The Kier molecular flexibility index (Phi) is 6.64. The maximum Gasteiger partial charge on any atom is 0.246 e. The number of nitrogens with zero attached hydrogens (tertiary/aromatic N) is 2. The molecule has 2 rings (SSSR count). The SMILES string of the molecule is N#CCOc1ccc(/C=C/C(=O)N2CCCCC2CCO)cc1. The lowest BCUT2D eigenvalue weighted by Crippen LogP contribution is -2.43. The second-order valence-corrected chi connectivity index (χ2v) is 5.54. The molecular formula is C18H22N2O3. The Hall–Kier alpha value is -2.32. The summed E-state index contributed by atoms with van der Waals surface area (Å²) < 4.78 is 5.19. The van der Waals surface area contributed by atoms with Crippen molar-refractivity contribution in [2.24, 2.45) is 0 Å². The minimum atomic E-state index is -0.00652. The van der Waals surface area contributed by atoms with Gasteiger partial charge in [0.15, 0.2) is 6.61 Å². The molecule has 1 aromatic carbocycles. The van der Waals surface area contributed by atoms with E-state index in [4.69, 9.17) is 15.1 Å². The minimum Gasteiger partial charge on any atom is -0.479 e. The van der Waals surface area contributed by atoms with Crippen LogP contribution in [0.2, 0.25) is 0 Å². The molecule has 0 bridgehead atoms. The van der Waals surface area contributed by atoms with Crippen LogP contribution < -0.4 is 4.74 Å². The van der Waals surface area contributed by atoms with Crippen molar-refractivity contribution in [1.29, 1.82) is 5.26 Å². The number of rotatable bonds is 6. The van der Waals surface area contributed by atoms with E-state index in [2.05, 4.69) is 0 Å². The smallest absolute Gasteiger partial charge is 0.246 e. The highest BCUT2D eigenvalue weighted by molar-refractivity contribution is 5.92. The number of hydrogen-bond donors (Lipinski definition) is 1. The molecule has 23 heavy (non-hydrogen) atoms. The molecule has 1 heterocycles. The summed E-state index contributed by atoms with van der Waals surface area (Å²) in [6.07, 6.45) is 7.10. The number of likely N-dealkylation sites (tertiary alicyclic amines) is 1. The van der Waals surface area contributed by atoms with E-state index in [1.54, 1.807) is 24.3 Å². The largest absolute Gasteiger partial charge is 0.479 e. The molecule has 122 valence electrons. The quantitative estimate of drug-likeness (QED) is 0.818. The predicted octanol–water partition coefficient (Wildman–Crippen LogP) is 2.37. The summed E-state index contributed by atoms with van der Waals surface area (Å²) in [4.78, 5) is 14.2. The van der Waals surface area contributed by atoms with E-state index in [-0.39, 0.29) is 25.2 Å². The molecule has 0 aromatic heterocycles. The van der Waals surface area contributed by atoms with Gasteiger partial charge in [0.2, 0.25) is 5.91 Å². The Morgan fingerprint density at radius 1 is 1.39 bits per heavy atom. The highest BCUT2D eigenvalue weighted by Crippen LogP contribution is 2.20. The number of carbonyl (C=O) groups excluding carboxylic acids is 1. The molecule has 1 amide bonds. The lowest BCUT2D eigenvalue weighted by atomic mass is 9.99. The van der Waals surface area contributed by atoms with Gasteiger partial charge in [0, 0.05) is 25.3 Å². The molecule has 0 aliphatic carbocycles. The summed E-state index contributed by atoms with van der Waals surface area (Å²) in [5, 5.41) is 17.6. The zero-order chi connectivity index (χ0) is 16.5. The third-order valence-electron chi connectivity index (χ3n) is 3.97. The Bertz CT molecular complexity index is 573. The van der Waals surface area contributed by atoms with Gasteiger partial charge in [-0.15, -0.1) is 0 Å². The second-order valence-electron chi connectivity index (χ2n) is 5.54. The number of aliphatic hydroxyl groups is 1. The van der Waals surface area contributed by atoms with Crippen LogP contribution >= 0.6 is 0 Å². The standard InChI is InChI=1S/C18H22N2O3/c19-11-14-23-17-7-4-15(5-8-17)6-9-18(22)20-12-2-1-3-16(20)10-13-21/h4-9,16,21H,1-3,10,12-14H2/b9-6+. The number of nitriles is 1. The van der Waals surface area contributed by atoms with Crippen LogP contribution in [0.1, 0.15) is 31.2 Å². The summed E-state index contributed by atoms with van der Waals surface area (Å²) in [6, 6.07) is 9.30. The van der Waals surface area contributed by atoms with Crippen molar-refractivity contribution in [3.63, 3.8) is 0 Å². The maximum atomic E-state index is 12.4. The molecule has 0 radical (unpaired) electrons. The van der Waals surface area contributed by atoms with Crippen molar-refractivity contribution in [3.05, 3.63) is 35.9 Å². The predicted molar refractivity (Wildman–Crippen MR) is 87.6 cm³/mol. The Labute approximate surface area is 136 Å². The van der Waals surface area contributed by atoms with Crippen molar-refractivity contribution in [1.82, 2.24) is 4.90 Å². The fourth-order valence-corrected chi connectivity index (χ4v) is 2.79. The number of piperidine rings is 1. The van der Waals surface area contributed by atoms with Gasteiger partial charge in [-0.2, -0.15) is 5.26 Å². The second kappa shape index (κ2) is 8.96. The molecule has 1 aliphatic heterocycles. The third-order valence-corrected chi connectivity index (χ3v) is 3.97. The lowest BCUT2D eigenvalue weighted by Gasteiger charge is -2.34.